The summed E-state index contributed by atoms with van der Waals surface area (Å²) in [5.74, 6) is 0.505. The third-order valence-corrected chi connectivity index (χ3v) is 3.96. The first-order valence-corrected chi connectivity index (χ1v) is 6.61. The zero-order valence-electron chi connectivity index (χ0n) is 11.0. The topological polar surface area (TPSA) is 40.5 Å². The molecule has 0 aromatic heterocycles. The number of carbonyl (C=O) groups excluding carboxylic acids is 1. The second kappa shape index (κ2) is 5.53. The molecule has 1 heterocycles. The zero-order valence-corrected chi connectivity index (χ0v) is 11.0. The Balaban J connectivity index is 2.13. The maximum absolute atomic E-state index is 12.3. The predicted octanol–water partition coefficient (Wildman–Crippen LogP) is 2.22. The van der Waals surface area contributed by atoms with Crippen molar-refractivity contribution in [2.24, 2.45) is 11.8 Å². The van der Waals surface area contributed by atoms with Crippen LogP contribution in [0.15, 0.2) is 30.3 Å². The molecule has 3 heteroatoms. The van der Waals surface area contributed by atoms with E-state index in [2.05, 4.69) is 26.0 Å². The van der Waals surface area contributed by atoms with E-state index in [4.69, 9.17) is 5.11 Å². The highest BCUT2D eigenvalue weighted by molar-refractivity contribution is 5.81. The molecule has 98 valence electrons. The van der Waals surface area contributed by atoms with Crippen LogP contribution in [0.4, 0.5) is 0 Å². The van der Waals surface area contributed by atoms with Gasteiger partial charge in [0.25, 0.3) is 0 Å². The van der Waals surface area contributed by atoms with E-state index in [0.29, 0.717) is 12.3 Å². The summed E-state index contributed by atoms with van der Waals surface area (Å²) in [4.78, 5) is 14.3. The van der Waals surface area contributed by atoms with Gasteiger partial charge in [-0.15, -0.1) is 0 Å². The lowest BCUT2D eigenvalue weighted by atomic mass is 9.95. The van der Waals surface area contributed by atoms with E-state index in [1.807, 2.05) is 23.1 Å². The molecule has 2 rings (SSSR count). The Labute approximate surface area is 108 Å². The van der Waals surface area contributed by atoms with Gasteiger partial charge in [-0.2, -0.15) is 0 Å². The van der Waals surface area contributed by atoms with E-state index in [1.165, 1.54) is 5.56 Å². The molecule has 1 unspecified atom stereocenters. The Hall–Kier alpha value is -1.35. The summed E-state index contributed by atoms with van der Waals surface area (Å²) in [5.41, 5.74) is 1.17. The van der Waals surface area contributed by atoms with E-state index in [0.717, 1.165) is 6.54 Å². The first kappa shape index (κ1) is 13.1. The molecule has 3 nitrogen and oxygen atoms in total. The lowest BCUT2D eigenvalue weighted by Gasteiger charge is -2.25. The summed E-state index contributed by atoms with van der Waals surface area (Å²) >= 11 is 0. The van der Waals surface area contributed by atoms with Gasteiger partial charge in [0.1, 0.15) is 0 Å². The fourth-order valence-corrected chi connectivity index (χ4v) is 2.79. The quantitative estimate of drug-likeness (QED) is 0.886. The average molecular weight is 247 g/mol. The monoisotopic (exact) mass is 247 g/mol. The minimum atomic E-state index is -0.0128. The van der Waals surface area contributed by atoms with Crippen molar-refractivity contribution >= 4 is 5.91 Å². The third kappa shape index (κ3) is 2.41. The number of likely N-dealkylation sites (tertiary alicyclic amines) is 1. The normalized spacial score (nSPS) is 25.5. The van der Waals surface area contributed by atoms with Crippen molar-refractivity contribution in [3.8, 4) is 0 Å². The first-order chi connectivity index (χ1) is 8.65. The number of hydrogen-bond acceptors (Lipinski definition) is 2. The van der Waals surface area contributed by atoms with Crippen LogP contribution in [0.2, 0.25) is 0 Å². The lowest BCUT2D eigenvalue weighted by Crippen LogP contribution is -2.30. The molecule has 1 amide bonds. The van der Waals surface area contributed by atoms with Gasteiger partial charge >= 0.3 is 0 Å². The number of carbonyl (C=O) groups is 1. The SMILES string of the molecule is C[C@@H]1CN([C@H](C)c2ccccc2)C(=O)C1CCO. The Morgan fingerprint density at radius 2 is 2.06 bits per heavy atom. The average Bonchev–Trinajstić information content (AvgIpc) is 2.67. The Bertz CT molecular complexity index is 404. The lowest BCUT2D eigenvalue weighted by molar-refractivity contribution is -0.133. The fourth-order valence-electron chi connectivity index (χ4n) is 2.79. The highest BCUT2D eigenvalue weighted by atomic mass is 16.3. The first-order valence-electron chi connectivity index (χ1n) is 6.61. The minimum Gasteiger partial charge on any atom is -0.396 e. The van der Waals surface area contributed by atoms with Crippen molar-refractivity contribution in [1.29, 1.82) is 0 Å². The van der Waals surface area contributed by atoms with Crippen molar-refractivity contribution in [3.63, 3.8) is 0 Å². The molecule has 3 atom stereocenters. The number of rotatable bonds is 4. The molecule has 0 saturated carbocycles. The van der Waals surface area contributed by atoms with E-state index >= 15 is 0 Å². The molecule has 1 aromatic rings. The van der Waals surface area contributed by atoms with Crippen LogP contribution in [-0.4, -0.2) is 29.1 Å². The highest BCUT2D eigenvalue weighted by Gasteiger charge is 2.39. The van der Waals surface area contributed by atoms with Gasteiger partial charge in [-0.25, -0.2) is 0 Å². The Kier molecular flexibility index (Phi) is 4.02. The second-order valence-corrected chi connectivity index (χ2v) is 5.17. The van der Waals surface area contributed by atoms with Crippen LogP contribution >= 0.6 is 0 Å². The van der Waals surface area contributed by atoms with Crippen LogP contribution in [0.5, 0.6) is 0 Å². The second-order valence-electron chi connectivity index (χ2n) is 5.17. The van der Waals surface area contributed by atoms with Gasteiger partial charge < -0.3 is 10.0 Å². The molecule has 0 spiro atoms. The highest BCUT2D eigenvalue weighted by Crippen LogP contribution is 2.33. The van der Waals surface area contributed by atoms with Gasteiger partial charge in [-0.1, -0.05) is 37.3 Å². The van der Waals surface area contributed by atoms with Crippen LogP contribution in [0.25, 0.3) is 0 Å². The molecular weight excluding hydrogens is 226 g/mol. The smallest absolute Gasteiger partial charge is 0.226 e. The molecule has 1 fully saturated rings. The van der Waals surface area contributed by atoms with E-state index < -0.39 is 0 Å². The third-order valence-electron chi connectivity index (χ3n) is 3.96. The van der Waals surface area contributed by atoms with Crippen molar-refractivity contribution in [1.82, 2.24) is 4.90 Å². The van der Waals surface area contributed by atoms with Crippen LogP contribution in [0, 0.1) is 11.8 Å². The minimum absolute atomic E-state index is 0.0128. The number of hydrogen-bond donors (Lipinski definition) is 1. The predicted molar refractivity (Wildman–Crippen MR) is 70.9 cm³/mol. The summed E-state index contributed by atoms with van der Waals surface area (Å²) in [7, 11) is 0. The molecule has 1 aliphatic rings. The van der Waals surface area contributed by atoms with Gasteiger partial charge in [0, 0.05) is 19.1 Å². The van der Waals surface area contributed by atoms with Crippen molar-refractivity contribution in [2.45, 2.75) is 26.3 Å². The maximum Gasteiger partial charge on any atom is 0.226 e. The Morgan fingerprint density at radius 1 is 1.39 bits per heavy atom. The molecule has 0 aliphatic carbocycles. The van der Waals surface area contributed by atoms with Crippen LogP contribution in [0.1, 0.15) is 31.9 Å². The van der Waals surface area contributed by atoms with Gasteiger partial charge in [0.2, 0.25) is 5.91 Å². The standard InChI is InChI=1S/C15H21NO2/c1-11-10-16(15(18)14(11)8-9-17)12(2)13-6-4-3-5-7-13/h3-7,11-12,14,17H,8-10H2,1-2H3/t11-,12-,14?/m1/s1. The van der Waals surface area contributed by atoms with E-state index in [-0.39, 0.29) is 24.5 Å². The van der Waals surface area contributed by atoms with Crippen molar-refractivity contribution in [2.75, 3.05) is 13.2 Å². The summed E-state index contributed by atoms with van der Waals surface area (Å²) in [5, 5.41) is 9.03. The molecule has 1 N–H and O–H groups in total. The molecule has 18 heavy (non-hydrogen) atoms. The summed E-state index contributed by atoms with van der Waals surface area (Å²) in [6.45, 7) is 5.05. The fraction of sp³-hybridized carbons (Fsp3) is 0.533. The number of aliphatic hydroxyl groups excluding tert-OH is 1. The largest absolute Gasteiger partial charge is 0.396 e. The maximum atomic E-state index is 12.3. The Morgan fingerprint density at radius 3 is 2.67 bits per heavy atom. The number of aliphatic hydroxyl groups is 1. The van der Waals surface area contributed by atoms with E-state index in [1.54, 1.807) is 0 Å². The van der Waals surface area contributed by atoms with Crippen molar-refractivity contribution < 1.29 is 9.90 Å². The number of nitrogens with zero attached hydrogens (tertiary/aromatic N) is 1. The molecular formula is C15H21NO2. The van der Waals surface area contributed by atoms with Gasteiger partial charge in [-0.3, -0.25) is 4.79 Å². The molecule has 0 bridgehead atoms. The van der Waals surface area contributed by atoms with Crippen LogP contribution in [-0.2, 0) is 4.79 Å². The zero-order chi connectivity index (χ0) is 13.1. The summed E-state index contributed by atoms with van der Waals surface area (Å²) in [6.07, 6.45) is 0.581. The molecule has 1 aliphatic heterocycles. The summed E-state index contributed by atoms with van der Waals surface area (Å²) < 4.78 is 0. The van der Waals surface area contributed by atoms with Gasteiger partial charge in [-0.05, 0) is 24.8 Å². The van der Waals surface area contributed by atoms with Crippen LogP contribution < -0.4 is 0 Å². The van der Waals surface area contributed by atoms with Gasteiger partial charge in [0.15, 0.2) is 0 Å². The van der Waals surface area contributed by atoms with Crippen LogP contribution in [0.3, 0.4) is 0 Å². The summed E-state index contributed by atoms with van der Waals surface area (Å²) in [6, 6.07) is 10.2. The molecule has 0 radical (unpaired) electrons. The van der Waals surface area contributed by atoms with E-state index in [9.17, 15) is 4.79 Å². The molecule has 1 aromatic carbocycles. The van der Waals surface area contributed by atoms with Crippen molar-refractivity contribution in [3.05, 3.63) is 35.9 Å². The van der Waals surface area contributed by atoms with Gasteiger partial charge in [0.05, 0.1) is 6.04 Å². The molecule has 1 saturated heterocycles. The number of amides is 1. The number of benzene rings is 1.